The van der Waals surface area contributed by atoms with E-state index in [9.17, 15) is 19.5 Å². The van der Waals surface area contributed by atoms with Crippen LogP contribution in [-0.4, -0.2) is 28.8 Å². The summed E-state index contributed by atoms with van der Waals surface area (Å²) in [6, 6.07) is 8.15. The number of Topliss-reactive ketones (excluding diaryl/α,β-unsaturated/α-hetero) is 1. The number of amides is 1. The Labute approximate surface area is 152 Å². The Morgan fingerprint density at radius 1 is 1.00 bits per heavy atom. The molecule has 0 bridgehead atoms. The number of hydrogen-bond donors (Lipinski definition) is 2. The fourth-order valence-corrected chi connectivity index (χ4v) is 2.07. The maximum atomic E-state index is 11.6. The molecule has 0 saturated heterocycles. The molecule has 2 atom stereocenters. The van der Waals surface area contributed by atoms with Crippen molar-refractivity contribution in [1.29, 1.82) is 0 Å². The van der Waals surface area contributed by atoms with Crippen molar-refractivity contribution < 1.29 is 19.5 Å². The first-order valence-electron chi connectivity index (χ1n) is 7.80. The third-order valence-electron chi connectivity index (χ3n) is 3.31. The van der Waals surface area contributed by atoms with Crippen molar-refractivity contribution >= 4 is 33.6 Å². The normalized spacial score (nSPS) is 12.8. The van der Waals surface area contributed by atoms with E-state index in [-0.39, 0.29) is 23.5 Å². The Morgan fingerprint density at radius 3 is 1.79 bits per heavy atom. The van der Waals surface area contributed by atoms with Crippen LogP contribution >= 0.6 is 15.9 Å². The number of carboxylic acid groups (broad SMARTS) is 1. The first-order chi connectivity index (χ1) is 11.1. The van der Waals surface area contributed by atoms with E-state index in [1.54, 1.807) is 20.8 Å². The van der Waals surface area contributed by atoms with E-state index in [1.807, 2.05) is 44.2 Å². The van der Waals surface area contributed by atoms with Gasteiger partial charge in [-0.3, -0.25) is 9.59 Å². The number of ketones is 1. The molecule has 134 valence electrons. The lowest BCUT2D eigenvalue weighted by molar-refractivity contribution is -0.142. The van der Waals surface area contributed by atoms with Crippen molar-refractivity contribution in [3.63, 3.8) is 0 Å². The van der Waals surface area contributed by atoms with Crippen LogP contribution in [0.3, 0.4) is 0 Å². The summed E-state index contributed by atoms with van der Waals surface area (Å²) in [4.78, 5) is 32.5. The number of carboxylic acids is 1. The van der Waals surface area contributed by atoms with E-state index in [0.29, 0.717) is 0 Å². The number of rotatable bonds is 6. The SMILES string of the molecule is CC(=O)C(C)C.CC(C)C(=O)NC(C(=O)O)C(Br)c1ccccc1. The van der Waals surface area contributed by atoms with Crippen LogP contribution in [0.2, 0.25) is 0 Å². The summed E-state index contributed by atoms with van der Waals surface area (Å²) in [7, 11) is 0. The van der Waals surface area contributed by atoms with Crippen molar-refractivity contribution in [3.05, 3.63) is 35.9 Å². The summed E-state index contributed by atoms with van der Waals surface area (Å²) in [6.07, 6.45) is 0. The van der Waals surface area contributed by atoms with E-state index < -0.39 is 16.8 Å². The summed E-state index contributed by atoms with van der Waals surface area (Å²) >= 11 is 3.34. The summed E-state index contributed by atoms with van der Waals surface area (Å²) in [5.74, 6) is -1.11. The van der Waals surface area contributed by atoms with Gasteiger partial charge in [-0.05, 0) is 12.5 Å². The van der Waals surface area contributed by atoms with Crippen LogP contribution < -0.4 is 5.32 Å². The minimum absolute atomic E-state index is 0.213. The number of carbonyl (C=O) groups is 3. The zero-order valence-electron chi connectivity index (χ0n) is 14.7. The Kier molecular flexibility index (Phi) is 10.2. The maximum Gasteiger partial charge on any atom is 0.327 e. The van der Waals surface area contributed by atoms with Crippen LogP contribution in [0, 0.1) is 11.8 Å². The average molecular weight is 400 g/mol. The number of halogens is 1. The van der Waals surface area contributed by atoms with Crippen molar-refractivity contribution in [2.45, 2.75) is 45.5 Å². The number of nitrogens with one attached hydrogen (secondary N) is 1. The Bertz CT molecular complexity index is 543. The standard InChI is InChI=1S/C13H16BrNO3.C5H10O/c1-8(2)12(16)15-11(13(17)18)10(14)9-6-4-3-5-7-9;1-4(2)5(3)6/h3-8,10-11H,1-2H3,(H,15,16)(H,17,18);4H,1-3H3. The molecule has 0 aliphatic rings. The van der Waals surface area contributed by atoms with Crippen LogP contribution in [-0.2, 0) is 14.4 Å². The second-order valence-electron chi connectivity index (χ2n) is 6.06. The molecule has 0 aromatic heterocycles. The van der Waals surface area contributed by atoms with Gasteiger partial charge in [0.15, 0.2) is 0 Å². The zero-order chi connectivity index (χ0) is 18.9. The highest BCUT2D eigenvalue weighted by atomic mass is 79.9. The average Bonchev–Trinajstić information content (AvgIpc) is 2.52. The second-order valence-corrected chi connectivity index (χ2v) is 7.04. The Hall–Kier alpha value is -1.69. The topological polar surface area (TPSA) is 83.5 Å². The molecule has 0 heterocycles. The minimum Gasteiger partial charge on any atom is -0.480 e. The molecule has 24 heavy (non-hydrogen) atoms. The molecule has 1 rings (SSSR count). The fourth-order valence-electron chi connectivity index (χ4n) is 1.41. The van der Waals surface area contributed by atoms with Crippen LogP contribution in [0.5, 0.6) is 0 Å². The van der Waals surface area contributed by atoms with Crippen molar-refractivity contribution in [1.82, 2.24) is 5.32 Å². The molecule has 2 unspecified atom stereocenters. The number of carbonyl (C=O) groups excluding carboxylic acids is 2. The van der Waals surface area contributed by atoms with Crippen LogP contribution in [0.1, 0.15) is 45.0 Å². The van der Waals surface area contributed by atoms with Gasteiger partial charge in [-0.2, -0.15) is 0 Å². The molecule has 2 N–H and O–H groups in total. The highest BCUT2D eigenvalue weighted by molar-refractivity contribution is 9.09. The molecular formula is C18H26BrNO4. The molecule has 0 aliphatic heterocycles. The Morgan fingerprint density at radius 2 is 1.46 bits per heavy atom. The fraction of sp³-hybridized carbons (Fsp3) is 0.500. The van der Waals surface area contributed by atoms with Gasteiger partial charge in [0.05, 0.1) is 4.83 Å². The number of hydrogen-bond acceptors (Lipinski definition) is 3. The van der Waals surface area contributed by atoms with Crippen LogP contribution in [0.4, 0.5) is 0 Å². The number of aliphatic carboxylic acids is 1. The summed E-state index contributed by atoms with van der Waals surface area (Å²) in [6.45, 7) is 8.83. The summed E-state index contributed by atoms with van der Waals surface area (Å²) in [5, 5.41) is 11.7. The summed E-state index contributed by atoms with van der Waals surface area (Å²) < 4.78 is 0. The van der Waals surface area contributed by atoms with Gasteiger partial charge in [0, 0.05) is 11.8 Å². The van der Waals surface area contributed by atoms with E-state index in [0.717, 1.165) is 5.56 Å². The highest BCUT2D eigenvalue weighted by Gasteiger charge is 2.29. The molecule has 5 nitrogen and oxygen atoms in total. The smallest absolute Gasteiger partial charge is 0.327 e. The third kappa shape index (κ3) is 8.24. The van der Waals surface area contributed by atoms with Gasteiger partial charge in [-0.15, -0.1) is 0 Å². The molecule has 1 aromatic carbocycles. The van der Waals surface area contributed by atoms with Crippen molar-refractivity contribution in [3.8, 4) is 0 Å². The monoisotopic (exact) mass is 399 g/mol. The molecule has 1 amide bonds. The molecule has 0 radical (unpaired) electrons. The van der Waals surface area contributed by atoms with Gasteiger partial charge in [0.25, 0.3) is 0 Å². The molecule has 1 aromatic rings. The maximum absolute atomic E-state index is 11.6. The van der Waals surface area contributed by atoms with Gasteiger partial charge in [-0.1, -0.05) is 74.0 Å². The molecule has 0 aliphatic carbocycles. The quantitative estimate of drug-likeness (QED) is 0.715. The largest absolute Gasteiger partial charge is 0.480 e. The first-order valence-corrected chi connectivity index (χ1v) is 8.72. The summed E-state index contributed by atoms with van der Waals surface area (Å²) in [5.41, 5.74) is 0.814. The van der Waals surface area contributed by atoms with Crippen LogP contribution in [0.15, 0.2) is 30.3 Å². The predicted molar refractivity (Wildman–Crippen MR) is 98.0 cm³/mol. The van der Waals surface area contributed by atoms with Crippen molar-refractivity contribution in [2.24, 2.45) is 11.8 Å². The van der Waals surface area contributed by atoms with Gasteiger partial charge in [0.1, 0.15) is 11.8 Å². The van der Waals surface area contributed by atoms with Gasteiger partial charge in [-0.25, -0.2) is 4.79 Å². The molecular weight excluding hydrogens is 374 g/mol. The Balaban J connectivity index is 0.000000754. The molecule has 0 saturated carbocycles. The lowest BCUT2D eigenvalue weighted by atomic mass is 10.0. The van der Waals surface area contributed by atoms with E-state index >= 15 is 0 Å². The lowest BCUT2D eigenvalue weighted by Crippen LogP contribution is -2.45. The van der Waals surface area contributed by atoms with Gasteiger partial charge < -0.3 is 10.4 Å². The van der Waals surface area contributed by atoms with E-state index in [2.05, 4.69) is 21.2 Å². The first kappa shape index (κ1) is 22.3. The van der Waals surface area contributed by atoms with E-state index in [4.69, 9.17) is 0 Å². The lowest BCUT2D eigenvalue weighted by Gasteiger charge is -2.21. The molecule has 6 heteroatoms. The third-order valence-corrected chi connectivity index (χ3v) is 4.37. The zero-order valence-corrected chi connectivity index (χ0v) is 16.3. The van der Waals surface area contributed by atoms with Crippen LogP contribution in [0.25, 0.3) is 0 Å². The number of alkyl halides is 1. The predicted octanol–water partition coefficient (Wildman–Crippen LogP) is 3.58. The van der Waals surface area contributed by atoms with Gasteiger partial charge in [0.2, 0.25) is 5.91 Å². The second kappa shape index (κ2) is 11.0. The van der Waals surface area contributed by atoms with Gasteiger partial charge >= 0.3 is 5.97 Å². The minimum atomic E-state index is -1.06. The molecule has 0 spiro atoms. The number of benzene rings is 1. The van der Waals surface area contributed by atoms with E-state index in [1.165, 1.54) is 0 Å². The molecule has 0 fully saturated rings. The highest BCUT2D eigenvalue weighted by Crippen LogP contribution is 2.26. The van der Waals surface area contributed by atoms with Crippen molar-refractivity contribution in [2.75, 3.05) is 0 Å².